The standard InChI is InChI=1S/C12H20F3N3O/c13-12(14,15)9(11(16)17-19)7-18-6-5-8-3-1-2-4-10(8)18/h8-10,19H,1-7H2,(H2,16,17). The number of alkyl halides is 3. The van der Waals surface area contributed by atoms with E-state index in [1.807, 2.05) is 4.90 Å². The van der Waals surface area contributed by atoms with E-state index in [0.29, 0.717) is 12.5 Å². The summed E-state index contributed by atoms with van der Waals surface area (Å²) in [4.78, 5) is 1.88. The van der Waals surface area contributed by atoms with Crippen molar-refractivity contribution in [1.29, 1.82) is 0 Å². The highest BCUT2D eigenvalue weighted by Gasteiger charge is 2.46. The molecule has 2 rings (SSSR count). The maximum atomic E-state index is 12.9. The molecule has 0 aromatic rings. The molecule has 0 aromatic carbocycles. The van der Waals surface area contributed by atoms with Crippen LogP contribution in [0.5, 0.6) is 0 Å². The molecule has 2 aliphatic rings. The second kappa shape index (κ2) is 5.56. The first-order valence-corrected chi connectivity index (χ1v) is 6.71. The van der Waals surface area contributed by atoms with Crippen LogP contribution in [0.4, 0.5) is 13.2 Å². The van der Waals surface area contributed by atoms with Gasteiger partial charge in [-0.1, -0.05) is 18.0 Å². The number of nitrogens with zero attached hydrogens (tertiary/aromatic N) is 2. The maximum Gasteiger partial charge on any atom is 0.400 e. The van der Waals surface area contributed by atoms with Crippen LogP contribution in [-0.2, 0) is 0 Å². The van der Waals surface area contributed by atoms with Crippen LogP contribution >= 0.6 is 0 Å². The minimum Gasteiger partial charge on any atom is -0.409 e. The Morgan fingerprint density at radius 1 is 1.32 bits per heavy atom. The van der Waals surface area contributed by atoms with Crippen LogP contribution < -0.4 is 5.73 Å². The van der Waals surface area contributed by atoms with Gasteiger partial charge in [-0.25, -0.2) is 0 Å². The molecule has 3 atom stereocenters. The Bertz CT molecular complexity index is 346. The molecule has 1 heterocycles. The van der Waals surface area contributed by atoms with Crippen molar-refractivity contribution in [2.45, 2.75) is 44.3 Å². The zero-order valence-electron chi connectivity index (χ0n) is 10.7. The Labute approximate surface area is 110 Å². The summed E-state index contributed by atoms with van der Waals surface area (Å²) in [5.41, 5.74) is 5.20. The fraction of sp³-hybridized carbons (Fsp3) is 0.917. The predicted octanol–water partition coefficient (Wildman–Crippen LogP) is 2.18. The van der Waals surface area contributed by atoms with Crippen molar-refractivity contribution in [3.05, 3.63) is 0 Å². The first kappa shape index (κ1) is 14.4. The third-order valence-electron chi connectivity index (χ3n) is 4.41. The van der Waals surface area contributed by atoms with Crippen molar-refractivity contribution in [2.24, 2.45) is 22.7 Å². The molecule has 110 valence electrons. The van der Waals surface area contributed by atoms with Gasteiger partial charge in [-0.3, -0.25) is 4.90 Å². The summed E-state index contributed by atoms with van der Waals surface area (Å²) in [6.07, 6.45) is 0.831. The fourth-order valence-electron chi connectivity index (χ4n) is 3.40. The number of amidine groups is 1. The van der Waals surface area contributed by atoms with Crippen molar-refractivity contribution in [3.63, 3.8) is 0 Å². The van der Waals surface area contributed by atoms with Gasteiger partial charge in [0.15, 0.2) is 5.84 Å². The molecular weight excluding hydrogens is 259 g/mol. The molecule has 1 aliphatic heterocycles. The van der Waals surface area contributed by atoms with E-state index in [-0.39, 0.29) is 12.6 Å². The summed E-state index contributed by atoms with van der Waals surface area (Å²) in [5, 5.41) is 11.1. The summed E-state index contributed by atoms with van der Waals surface area (Å²) in [6.45, 7) is 0.487. The van der Waals surface area contributed by atoms with Crippen LogP contribution in [0.15, 0.2) is 5.16 Å². The van der Waals surface area contributed by atoms with Crippen LogP contribution in [0.2, 0.25) is 0 Å². The third-order valence-corrected chi connectivity index (χ3v) is 4.41. The lowest BCUT2D eigenvalue weighted by Crippen LogP contribution is -2.46. The van der Waals surface area contributed by atoms with Gasteiger partial charge in [0.1, 0.15) is 5.92 Å². The summed E-state index contributed by atoms with van der Waals surface area (Å²) in [6, 6.07) is 0.241. The second-order valence-corrected chi connectivity index (χ2v) is 5.51. The lowest BCUT2D eigenvalue weighted by molar-refractivity contribution is -0.161. The molecule has 1 aliphatic carbocycles. The topological polar surface area (TPSA) is 61.9 Å². The molecule has 2 fully saturated rings. The Kier molecular flexibility index (Phi) is 4.23. The van der Waals surface area contributed by atoms with Gasteiger partial charge in [0, 0.05) is 12.6 Å². The highest BCUT2D eigenvalue weighted by atomic mass is 19.4. The third kappa shape index (κ3) is 3.13. The van der Waals surface area contributed by atoms with Crippen molar-refractivity contribution in [2.75, 3.05) is 13.1 Å². The van der Waals surface area contributed by atoms with Crippen LogP contribution in [0.1, 0.15) is 32.1 Å². The number of hydrogen-bond donors (Lipinski definition) is 2. The Morgan fingerprint density at radius 3 is 2.63 bits per heavy atom. The van der Waals surface area contributed by atoms with Crippen molar-refractivity contribution >= 4 is 5.84 Å². The molecule has 1 saturated carbocycles. The molecule has 0 spiro atoms. The zero-order chi connectivity index (χ0) is 14.0. The number of hydrogen-bond acceptors (Lipinski definition) is 3. The van der Waals surface area contributed by atoms with Crippen LogP contribution in [0, 0.1) is 11.8 Å². The van der Waals surface area contributed by atoms with Crippen LogP contribution in [0.3, 0.4) is 0 Å². The number of oxime groups is 1. The molecule has 3 unspecified atom stereocenters. The molecule has 1 saturated heterocycles. The predicted molar refractivity (Wildman–Crippen MR) is 64.9 cm³/mol. The average molecular weight is 279 g/mol. The zero-order valence-corrected chi connectivity index (χ0v) is 10.7. The molecule has 19 heavy (non-hydrogen) atoms. The molecule has 3 N–H and O–H groups in total. The van der Waals surface area contributed by atoms with Crippen molar-refractivity contribution < 1.29 is 18.4 Å². The number of likely N-dealkylation sites (tertiary alicyclic amines) is 1. The first-order valence-electron chi connectivity index (χ1n) is 6.71. The number of halogens is 3. The van der Waals surface area contributed by atoms with E-state index in [0.717, 1.165) is 25.7 Å². The molecule has 0 aromatic heterocycles. The molecule has 7 heteroatoms. The van der Waals surface area contributed by atoms with E-state index in [1.165, 1.54) is 6.42 Å². The highest BCUT2D eigenvalue weighted by molar-refractivity contribution is 5.83. The Balaban J connectivity index is 2.05. The minimum absolute atomic E-state index is 0.194. The van der Waals surface area contributed by atoms with Gasteiger partial charge < -0.3 is 10.9 Å². The largest absolute Gasteiger partial charge is 0.409 e. The summed E-state index contributed by atoms with van der Waals surface area (Å²) in [7, 11) is 0. The van der Waals surface area contributed by atoms with Gasteiger partial charge in [0.2, 0.25) is 0 Å². The van der Waals surface area contributed by atoms with E-state index in [2.05, 4.69) is 5.16 Å². The lowest BCUT2D eigenvalue weighted by Gasteiger charge is -2.34. The van der Waals surface area contributed by atoms with Crippen molar-refractivity contribution in [3.8, 4) is 0 Å². The first-order chi connectivity index (χ1) is 8.93. The molecular formula is C12H20F3N3O. The van der Waals surface area contributed by atoms with Gasteiger partial charge in [-0.15, -0.1) is 0 Å². The minimum atomic E-state index is -4.47. The number of nitrogens with two attached hydrogens (primary N) is 1. The van der Waals surface area contributed by atoms with Crippen LogP contribution in [-0.4, -0.2) is 41.3 Å². The molecule has 0 bridgehead atoms. The van der Waals surface area contributed by atoms with Crippen LogP contribution in [0.25, 0.3) is 0 Å². The van der Waals surface area contributed by atoms with Gasteiger partial charge in [0.25, 0.3) is 0 Å². The van der Waals surface area contributed by atoms with Gasteiger partial charge >= 0.3 is 6.18 Å². The maximum absolute atomic E-state index is 12.9. The smallest absolute Gasteiger partial charge is 0.400 e. The molecule has 0 radical (unpaired) electrons. The number of rotatable bonds is 3. The van der Waals surface area contributed by atoms with E-state index in [1.54, 1.807) is 0 Å². The summed E-state index contributed by atoms with van der Waals surface area (Å²) < 4.78 is 38.8. The van der Waals surface area contributed by atoms with Gasteiger partial charge in [-0.2, -0.15) is 13.2 Å². The number of fused-ring (bicyclic) bond motifs is 1. The Hall–Kier alpha value is -0.980. The Morgan fingerprint density at radius 2 is 2.00 bits per heavy atom. The summed E-state index contributed by atoms with van der Waals surface area (Å²) in [5.74, 6) is -2.10. The molecule has 4 nitrogen and oxygen atoms in total. The second-order valence-electron chi connectivity index (χ2n) is 5.51. The lowest BCUT2D eigenvalue weighted by atomic mass is 9.85. The monoisotopic (exact) mass is 279 g/mol. The van der Waals surface area contributed by atoms with Gasteiger partial charge in [-0.05, 0) is 31.7 Å². The summed E-state index contributed by atoms with van der Waals surface area (Å²) >= 11 is 0. The van der Waals surface area contributed by atoms with Gasteiger partial charge in [0.05, 0.1) is 0 Å². The normalized spacial score (nSPS) is 31.2. The highest BCUT2D eigenvalue weighted by Crippen LogP contribution is 2.38. The SMILES string of the molecule is NC(=NO)C(CN1CCC2CCCCC21)C(F)(F)F. The van der Waals surface area contributed by atoms with Crippen molar-refractivity contribution in [1.82, 2.24) is 4.90 Å². The van der Waals surface area contributed by atoms with E-state index < -0.39 is 17.9 Å². The van der Waals surface area contributed by atoms with E-state index in [4.69, 9.17) is 10.9 Å². The fourth-order valence-corrected chi connectivity index (χ4v) is 3.40. The molecule has 0 amide bonds. The average Bonchev–Trinajstić information content (AvgIpc) is 2.77. The quantitative estimate of drug-likeness (QED) is 0.360. The van der Waals surface area contributed by atoms with E-state index in [9.17, 15) is 13.2 Å². The van der Waals surface area contributed by atoms with E-state index >= 15 is 0 Å².